The highest BCUT2D eigenvalue weighted by Gasteiger charge is 2.17. The van der Waals surface area contributed by atoms with Crippen molar-refractivity contribution < 1.29 is 4.79 Å². The van der Waals surface area contributed by atoms with Gasteiger partial charge in [-0.15, -0.1) is 23.5 Å². The number of rotatable bonds is 3. The number of benzene rings is 2. The molecule has 24 heavy (non-hydrogen) atoms. The topological polar surface area (TPSA) is 29.1 Å². The van der Waals surface area contributed by atoms with Crippen molar-refractivity contribution in [1.29, 1.82) is 0 Å². The van der Waals surface area contributed by atoms with Gasteiger partial charge in [-0.25, -0.2) is 0 Å². The Labute approximate surface area is 164 Å². The molecule has 1 aliphatic heterocycles. The van der Waals surface area contributed by atoms with E-state index in [1.165, 1.54) is 29.6 Å². The van der Waals surface area contributed by atoms with E-state index < -0.39 is 0 Å². The van der Waals surface area contributed by atoms with Crippen LogP contribution in [0.3, 0.4) is 0 Å². The van der Waals surface area contributed by atoms with Crippen LogP contribution in [0.25, 0.3) is 0 Å². The van der Waals surface area contributed by atoms with Crippen LogP contribution in [0, 0.1) is 0 Å². The van der Waals surface area contributed by atoms with E-state index in [1.54, 1.807) is 6.07 Å². The average Bonchev–Trinajstić information content (AvgIpc) is 2.60. The largest absolute Gasteiger partial charge is 0.321 e. The van der Waals surface area contributed by atoms with Gasteiger partial charge in [-0.3, -0.25) is 4.79 Å². The molecule has 1 N–H and O–H groups in total. The third kappa shape index (κ3) is 4.36. The van der Waals surface area contributed by atoms with Crippen LogP contribution >= 0.6 is 58.3 Å². The Balaban J connectivity index is 1.72. The number of carbonyl (C=O) groups is 1. The summed E-state index contributed by atoms with van der Waals surface area (Å²) < 4.78 is 0.459. The Hall–Kier alpha value is -0.520. The fraction of sp³-hybridized carbons (Fsp3) is 0.235. The van der Waals surface area contributed by atoms with Gasteiger partial charge >= 0.3 is 0 Å². The van der Waals surface area contributed by atoms with E-state index in [2.05, 4.69) is 5.32 Å². The van der Waals surface area contributed by atoms with E-state index in [-0.39, 0.29) is 5.91 Å². The second kappa shape index (κ2) is 8.24. The van der Waals surface area contributed by atoms with Crippen LogP contribution in [0.4, 0.5) is 5.69 Å². The van der Waals surface area contributed by atoms with Crippen molar-refractivity contribution in [1.82, 2.24) is 0 Å². The smallest absolute Gasteiger partial charge is 0.255 e. The second-order valence-electron chi connectivity index (χ2n) is 5.25. The number of hydrogen-bond donors (Lipinski definition) is 1. The van der Waals surface area contributed by atoms with E-state index in [0.717, 1.165) is 0 Å². The first-order chi connectivity index (χ1) is 11.5. The molecule has 0 saturated carbocycles. The number of hydrogen-bond acceptors (Lipinski definition) is 3. The molecule has 126 valence electrons. The number of thioether (sulfide) groups is 2. The van der Waals surface area contributed by atoms with Crippen LogP contribution in [-0.2, 0) is 0 Å². The van der Waals surface area contributed by atoms with Gasteiger partial charge in [0.15, 0.2) is 0 Å². The molecule has 1 fully saturated rings. The van der Waals surface area contributed by atoms with Gasteiger partial charge < -0.3 is 5.32 Å². The predicted octanol–water partition coefficient (Wildman–Crippen LogP) is 6.77. The van der Waals surface area contributed by atoms with Crippen molar-refractivity contribution >= 4 is 69.9 Å². The Bertz CT molecular complexity index is 746. The summed E-state index contributed by atoms with van der Waals surface area (Å²) in [6, 6.07) is 10.8. The molecule has 0 aromatic heterocycles. The quantitative estimate of drug-likeness (QED) is 0.558. The minimum atomic E-state index is -0.231. The molecule has 3 rings (SSSR count). The van der Waals surface area contributed by atoms with Crippen molar-refractivity contribution in [2.24, 2.45) is 0 Å². The molecule has 7 heteroatoms. The van der Waals surface area contributed by atoms with Crippen LogP contribution in [0.2, 0.25) is 15.1 Å². The number of amides is 1. The highest BCUT2D eigenvalue weighted by atomic mass is 35.5. The van der Waals surface area contributed by atoms with E-state index >= 15 is 0 Å². The van der Waals surface area contributed by atoms with Crippen molar-refractivity contribution in [3.05, 3.63) is 62.6 Å². The zero-order valence-corrected chi connectivity index (χ0v) is 16.4. The number of carbonyl (C=O) groups excluding carboxylic acids is 1. The Morgan fingerprint density at radius 2 is 1.58 bits per heavy atom. The number of nitrogens with one attached hydrogen (secondary N) is 1. The lowest BCUT2D eigenvalue weighted by molar-refractivity contribution is 0.102. The lowest BCUT2D eigenvalue weighted by Gasteiger charge is -2.21. The third-order valence-corrected chi connectivity index (χ3v) is 7.58. The highest BCUT2D eigenvalue weighted by Crippen LogP contribution is 2.43. The molecule has 0 bridgehead atoms. The number of halogens is 3. The summed E-state index contributed by atoms with van der Waals surface area (Å²) in [5.41, 5.74) is 2.26. The fourth-order valence-electron chi connectivity index (χ4n) is 2.28. The summed E-state index contributed by atoms with van der Waals surface area (Å²) in [5.74, 6) is 2.15. The molecule has 0 aliphatic carbocycles. The van der Waals surface area contributed by atoms with Gasteiger partial charge in [0, 0.05) is 5.56 Å². The lowest BCUT2D eigenvalue weighted by atomic mass is 10.1. The molecule has 0 spiro atoms. The van der Waals surface area contributed by atoms with Gasteiger partial charge in [-0.1, -0.05) is 46.9 Å². The van der Waals surface area contributed by atoms with E-state index in [0.29, 0.717) is 30.9 Å². The minimum Gasteiger partial charge on any atom is -0.321 e. The average molecular weight is 419 g/mol. The fourth-order valence-corrected chi connectivity index (χ4v) is 5.77. The maximum absolute atomic E-state index is 12.4. The van der Waals surface area contributed by atoms with Crippen LogP contribution in [0.15, 0.2) is 36.4 Å². The van der Waals surface area contributed by atoms with Crippen molar-refractivity contribution in [2.45, 2.75) is 11.0 Å². The summed E-state index contributed by atoms with van der Waals surface area (Å²) in [6.07, 6.45) is 1.26. The molecule has 1 amide bonds. The summed E-state index contributed by atoms with van der Waals surface area (Å²) in [6.45, 7) is 0. The van der Waals surface area contributed by atoms with Crippen molar-refractivity contribution in [2.75, 3.05) is 16.8 Å². The predicted molar refractivity (Wildman–Crippen MR) is 108 cm³/mol. The Kier molecular flexibility index (Phi) is 6.27. The first-order valence-electron chi connectivity index (χ1n) is 7.33. The third-order valence-electron chi connectivity index (χ3n) is 3.53. The van der Waals surface area contributed by atoms with E-state index in [4.69, 9.17) is 34.8 Å². The first kappa shape index (κ1) is 18.3. The Morgan fingerprint density at radius 3 is 2.25 bits per heavy atom. The lowest BCUT2D eigenvalue weighted by Crippen LogP contribution is -2.12. The van der Waals surface area contributed by atoms with Gasteiger partial charge in [0.1, 0.15) is 0 Å². The monoisotopic (exact) mass is 417 g/mol. The van der Waals surface area contributed by atoms with Crippen LogP contribution in [-0.4, -0.2) is 17.4 Å². The second-order valence-corrected chi connectivity index (χ2v) is 9.20. The summed E-state index contributed by atoms with van der Waals surface area (Å²) in [7, 11) is 0. The molecular weight excluding hydrogens is 405 g/mol. The molecular formula is C17H14Cl3NOS2. The van der Waals surface area contributed by atoms with Crippen molar-refractivity contribution in [3.63, 3.8) is 0 Å². The van der Waals surface area contributed by atoms with E-state index in [9.17, 15) is 4.79 Å². The minimum absolute atomic E-state index is 0.231. The zero-order valence-electron chi connectivity index (χ0n) is 12.5. The van der Waals surface area contributed by atoms with Gasteiger partial charge in [-0.2, -0.15) is 0 Å². The maximum atomic E-state index is 12.4. The summed E-state index contributed by atoms with van der Waals surface area (Å²) in [5, 5.41) is 3.82. The molecule has 2 aromatic rings. The first-order valence-corrected chi connectivity index (χ1v) is 10.6. The van der Waals surface area contributed by atoms with E-state index in [1.807, 2.05) is 47.8 Å². The maximum Gasteiger partial charge on any atom is 0.255 e. The zero-order chi connectivity index (χ0) is 17.1. The van der Waals surface area contributed by atoms with Crippen LogP contribution in [0.1, 0.15) is 26.9 Å². The molecule has 1 aliphatic rings. The molecule has 0 radical (unpaired) electrons. The number of anilines is 1. The SMILES string of the molecule is O=C(Nc1cc(Cl)c(Cl)cc1Cl)c1ccc(C2SCCCS2)cc1. The molecule has 2 aromatic carbocycles. The van der Waals surface area contributed by atoms with Crippen molar-refractivity contribution in [3.8, 4) is 0 Å². The van der Waals surface area contributed by atoms with Gasteiger partial charge in [-0.05, 0) is 47.8 Å². The van der Waals surface area contributed by atoms with Gasteiger partial charge in [0.25, 0.3) is 5.91 Å². The normalized spacial score (nSPS) is 15.3. The standard InChI is InChI=1S/C17H14Cl3NOS2/c18-12-8-14(20)15(9-13(12)19)21-16(22)10-2-4-11(5-3-10)17-23-6-1-7-24-17/h2-5,8-9,17H,1,6-7H2,(H,21,22). The van der Waals surface area contributed by atoms with Gasteiger partial charge in [0.2, 0.25) is 0 Å². The molecule has 2 nitrogen and oxygen atoms in total. The van der Waals surface area contributed by atoms with Crippen LogP contribution in [0.5, 0.6) is 0 Å². The summed E-state index contributed by atoms with van der Waals surface area (Å²) in [4.78, 5) is 12.4. The summed E-state index contributed by atoms with van der Waals surface area (Å²) >= 11 is 21.9. The molecule has 1 heterocycles. The van der Waals surface area contributed by atoms with Gasteiger partial charge in [0.05, 0.1) is 25.3 Å². The molecule has 0 atom stereocenters. The molecule has 0 unspecified atom stereocenters. The van der Waals surface area contributed by atoms with Crippen LogP contribution < -0.4 is 5.32 Å². The Morgan fingerprint density at radius 1 is 0.958 bits per heavy atom. The highest BCUT2D eigenvalue weighted by molar-refractivity contribution is 8.16. The molecule has 1 saturated heterocycles.